The monoisotopic (exact) mass is 340 g/mol. The van der Waals surface area contributed by atoms with Gasteiger partial charge in [-0.25, -0.2) is 0 Å². The molecule has 128 valence electrons. The van der Waals surface area contributed by atoms with Gasteiger partial charge in [-0.15, -0.1) is 0 Å². The smallest absolute Gasteiger partial charge is 0.254 e. The zero-order valence-electron chi connectivity index (χ0n) is 13.8. The van der Waals surface area contributed by atoms with Crippen molar-refractivity contribution in [2.45, 2.75) is 26.2 Å². The number of nitrogens with zero attached hydrogens (tertiary/aromatic N) is 1. The quantitative estimate of drug-likeness (QED) is 0.775. The van der Waals surface area contributed by atoms with E-state index in [1.165, 1.54) is 0 Å². The second kappa shape index (κ2) is 8.41. The van der Waals surface area contributed by atoms with E-state index in [0.717, 1.165) is 25.8 Å². The van der Waals surface area contributed by atoms with E-state index in [4.69, 9.17) is 26.8 Å². The van der Waals surface area contributed by atoms with Crippen LogP contribution in [-0.2, 0) is 0 Å². The summed E-state index contributed by atoms with van der Waals surface area (Å²) in [7, 11) is 1.55. The van der Waals surface area contributed by atoms with Gasteiger partial charge in [-0.05, 0) is 37.4 Å². The van der Waals surface area contributed by atoms with Gasteiger partial charge in [0.05, 0.1) is 18.7 Å². The van der Waals surface area contributed by atoms with Crippen LogP contribution < -0.4 is 15.2 Å². The van der Waals surface area contributed by atoms with E-state index in [-0.39, 0.29) is 5.91 Å². The SMILES string of the molecule is CCCCOc1c(Cl)cc(C(=O)N2CCC(CN)C2)cc1OC. The minimum absolute atomic E-state index is 0.0405. The molecule has 6 heteroatoms. The molecule has 2 rings (SSSR count). The summed E-state index contributed by atoms with van der Waals surface area (Å²) in [6.45, 7) is 4.70. The number of carbonyl (C=O) groups is 1. The normalized spacial score (nSPS) is 17.4. The molecule has 0 radical (unpaired) electrons. The predicted octanol–water partition coefficient (Wildman–Crippen LogP) is 2.95. The molecule has 1 heterocycles. The summed E-state index contributed by atoms with van der Waals surface area (Å²) in [5.41, 5.74) is 6.21. The lowest BCUT2D eigenvalue weighted by molar-refractivity contribution is 0.0787. The van der Waals surface area contributed by atoms with Gasteiger partial charge in [0, 0.05) is 18.7 Å². The van der Waals surface area contributed by atoms with E-state index in [1.54, 1.807) is 19.2 Å². The van der Waals surface area contributed by atoms with E-state index in [2.05, 4.69) is 6.92 Å². The van der Waals surface area contributed by atoms with Crippen LogP contribution in [0.5, 0.6) is 11.5 Å². The molecule has 1 aromatic carbocycles. The molecule has 1 aliphatic rings. The van der Waals surface area contributed by atoms with Gasteiger partial charge in [0.2, 0.25) is 0 Å². The highest BCUT2D eigenvalue weighted by molar-refractivity contribution is 6.32. The largest absolute Gasteiger partial charge is 0.493 e. The van der Waals surface area contributed by atoms with Gasteiger partial charge in [0.25, 0.3) is 5.91 Å². The van der Waals surface area contributed by atoms with Crippen molar-refractivity contribution >= 4 is 17.5 Å². The summed E-state index contributed by atoms with van der Waals surface area (Å²) >= 11 is 6.30. The van der Waals surface area contributed by atoms with Crippen molar-refractivity contribution < 1.29 is 14.3 Å². The third kappa shape index (κ3) is 4.30. The third-order valence-electron chi connectivity index (χ3n) is 4.13. The highest BCUT2D eigenvalue weighted by Crippen LogP contribution is 2.37. The Kier molecular flexibility index (Phi) is 6.54. The first kappa shape index (κ1) is 17.9. The Balaban J connectivity index is 2.17. The van der Waals surface area contributed by atoms with Crippen molar-refractivity contribution in [3.05, 3.63) is 22.7 Å². The van der Waals surface area contributed by atoms with Crippen molar-refractivity contribution in [3.8, 4) is 11.5 Å². The first-order chi connectivity index (χ1) is 11.1. The molecule has 0 spiro atoms. The standard InChI is InChI=1S/C17H25ClN2O3/c1-3-4-7-23-16-14(18)8-13(9-15(16)22-2)17(21)20-6-5-12(10-19)11-20/h8-9,12H,3-7,10-11,19H2,1-2H3. The summed E-state index contributed by atoms with van der Waals surface area (Å²) in [4.78, 5) is 14.5. The van der Waals surface area contributed by atoms with Crippen LogP contribution in [0, 0.1) is 5.92 Å². The molecule has 2 N–H and O–H groups in total. The molecule has 0 aliphatic carbocycles. The van der Waals surface area contributed by atoms with E-state index in [1.807, 2.05) is 4.90 Å². The molecule has 23 heavy (non-hydrogen) atoms. The van der Waals surface area contributed by atoms with E-state index < -0.39 is 0 Å². The van der Waals surface area contributed by atoms with E-state index in [9.17, 15) is 4.79 Å². The van der Waals surface area contributed by atoms with Crippen molar-refractivity contribution in [1.29, 1.82) is 0 Å². The van der Waals surface area contributed by atoms with E-state index in [0.29, 0.717) is 47.7 Å². The van der Waals surface area contributed by atoms with Crippen LogP contribution in [0.3, 0.4) is 0 Å². The zero-order chi connectivity index (χ0) is 16.8. The summed E-state index contributed by atoms with van der Waals surface area (Å²) in [6, 6.07) is 3.36. The van der Waals surface area contributed by atoms with Gasteiger partial charge >= 0.3 is 0 Å². The van der Waals surface area contributed by atoms with Gasteiger partial charge in [0.1, 0.15) is 0 Å². The number of nitrogens with two attached hydrogens (primary N) is 1. The maximum absolute atomic E-state index is 12.6. The first-order valence-electron chi connectivity index (χ1n) is 8.10. The lowest BCUT2D eigenvalue weighted by Gasteiger charge is -2.18. The number of ether oxygens (including phenoxy) is 2. The lowest BCUT2D eigenvalue weighted by atomic mass is 10.1. The maximum Gasteiger partial charge on any atom is 0.254 e. The topological polar surface area (TPSA) is 64.8 Å². The average Bonchev–Trinajstić information content (AvgIpc) is 3.04. The fourth-order valence-corrected chi connectivity index (χ4v) is 2.96. The Morgan fingerprint density at radius 3 is 2.87 bits per heavy atom. The van der Waals surface area contributed by atoms with Gasteiger partial charge in [-0.2, -0.15) is 0 Å². The second-order valence-corrected chi connectivity index (χ2v) is 6.24. The lowest BCUT2D eigenvalue weighted by Crippen LogP contribution is -2.29. The van der Waals surface area contributed by atoms with Gasteiger partial charge < -0.3 is 20.1 Å². The third-order valence-corrected chi connectivity index (χ3v) is 4.41. The van der Waals surface area contributed by atoms with Crippen LogP contribution in [0.15, 0.2) is 12.1 Å². The van der Waals surface area contributed by atoms with Crippen LogP contribution in [0.1, 0.15) is 36.5 Å². The summed E-state index contributed by atoms with van der Waals surface area (Å²) in [5.74, 6) is 1.33. The number of rotatable bonds is 7. The predicted molar refractivity (Wildman–Crippen MR) is 91.5 cm³/mol. The van der Waals surface area contributed by atoms with E-state index >= 15 is 0 Å². The fraction of sp³-hybridized carbons (Fsp3) is 0.588. The Morgan fingerprint density at radius 1 is 1.48 bits per heavy atom. The summed E-state index contributed by atoms with van der Waals surface area (Å²) < 4.78 is 11.0. The molecule has 1 fully saturated rings. The number of carbonyl (C=O) groups excluding carboxylic acids is 1. The second-order valence-electron chi connectivity index (χ2n) is 5.83. The Labute approximate surface area is 142 Å². The molecule has 1 aliphatic heterocycles. The molecule has 1 aromatic rings. The number of unbranched alkanes of at least 4 members (excludes halogenated alkanes) is 1. The molecular weight excluding hydrogens is 316 g/mol. The van der Waals surface area contributed by atoms with Gasteiger partial charge in [-0.3, -0.25) is 4.79 Å². The van der Waals surface area contributed by atoms with Crippen LogP contribution in [0.4, 0.5) is 0 Å². The average molecular weight is 341 g/mol. The highest BCUT2D eigenvalue weighted by atomic mass is 35.5. The number of likely N-dealkylation sites (tertiary alicyclic amines) is 1. The molecule has 0 saturated carbocycles. The minimum Gasteiger partial charge on any atom is -0.493 e. The number of halogens is 1. The van der Waals surface area contributed by atoms with Crippen LogP contribution in [0.2, 0.25) is 5.02 Å². The van der Waals surface area contributed by atoms with Crippen LogP contribution >= 0.6 is 11.6 Å². The molecule has 1 unspecified atom stereocenters. The Hall–Kier alpha value is -1.46. The minimum atomic E-state index is -0.0405. The van der Waals surface area contributed by atoms with Crippen molar-refractivity contribution in [3.63, 3.8) is 0 Å². The number of benzene rings is 1. The summed E-state index contributed by atoms with van der Waals surface area (Å²) in [5, 5.41) is 0.401. The Morgan fingerprint density at radius 2 is 2.26 bits per heavy atom. The van der Waals surface area contributed by atoms with Crippen molar-refractivity contribution in [1.82, 2.24) is 4.90 Å². The fourth-order valence-electron chi connectivity index (χ4n) is 2.69. The first-order valence-corrected chi connectivity index (χ1v) is 8.48. The molecule has 1 saturated heterocycles. The molecule has 5 nitrogen and oxygen atoms in total. The maximum atomic E-state index is 12.6. The summed E-state index contributed by atoms with van der Waals surface area (Å²) in [6.07, 6.45) is 2.92. The van der Waals surface area contributed by atoms with Gasteiger partial charge in [0.15, 0.2) is 11.5 Å². The van der Waals surface area contributed by atoms with Crippen molar-refractivity contribution in [2.75, 3.05) is 33.4 Å². The molecule has 0 aromatic heterocycles. The number of hydrogen-bond donors (Lipinski definition) is 1. The molecule has 0 bridgehead atoms. The van der Waals surface area contributed by atoms with Crippen LogP contribution in [-0.4, -0.2) is 44.2 Å². The Bertz CT molecular complexity index is 551. The van der Waals surface area contributed by atoms with Crippen LogP contribution in [0.25, 0.3) is 0 Å². The van der Waals surface area contributed by atoms with Crippen molar-refractivity contribution in [2.24, 2.45) is 11.7 Å². The number of amides is 1. The number of hydrogen-bond acceptors (Lipinski definition) is 4. The number of methoxy groups -OCH3 is 1. The molecule has 1 amide bonds. The highest BCUT2D eigenvalue weighted by Gasteiger charge is 2.27. The van der Waals surface area contributed by atoms with Gasteiger partial charge in [-0.1, -0.05) is 24.9 Å². The molecular formula is C17H25ClN2O3. The molecule has 1 atom stereocenters. The zero-order valence-corrected chi connectivity index (χ0v) is 14.6.